The summed E-state index contributed by atoms with van der Waals surface area (Å²) in [5, 5.41) is 18.6. The van der Waals surface area contributed by atoms with Gasteiger partial charge in [-0.2, -0.15) is 0 Å². The molecule has 13 heavy (non-hydrogen) atoms. The zero-order valence-corrected chi connectivity index (χ0v) is 7.68. The van der Waals surface area contributed by atoms with E-state index in [9.17, 15) is 9.90 Å². The fourth-order valence-electron chi connectivity index (χ4n) is 2.77. The van der Waals surface area contributed by atoms with Crippen molar-refractivity contribution < 1.29 is 15.0 Å². The zero-order valence-electron chi connectivity index (χ0n) is 7.68. The highest BCUT2D eigenvalue weighted by Crippen LogP contribution is 2.38. The number of fused-ring (bicyclic) bond motifs is 2. The molecule has 2 saturated heterocycles. The van der Waals surface area contributed by atoms with Crippen LogP contribution in [0.1, 0.15) is 19.3 Å². The largest absolute Gasteiger partial charge is 0.481 e. The molecule has 2 N–H and O–H groups in total. The molecule has 2 aliphatic rings. The summed E-state index contributed by atoms with van der Waals surface area (Å²) in [6, 6.07) is 0.446. The van der Waals surface area contributed by atoms with E-state index in [0.717, 1.165) is 12.8 Å². The molecule has 0 aromatic heterocycles. The minimum atomic E-state index is -0.857. The zero-order chi connectivity index (χ0) is 9.59. The number of carboxylic acids is 1. The first kappa shape index (κ1) is 8.97. The monoisotopic (exact) mass is 185 g/mol. The molecular weight excluding hydrogens is 170 g/mol. The number of carboxylic acid groups (broad SMARTS) is 1. The van der Waals surface area contributed by atoms with E-state index in [1.54, 1.807) is 0 Å². The Morgan fingerprint density at radius 3 is 2.77 bits per heavy atom. The Bertz CT molecular complexity index is 231. The Hall–Kier alpha value is -0.610. The molecule has 2 heterocycles. The lowest BCUT2D eigenvalue weighted by Gasteiger charge is -2.38. The van der Waals surface area contributed by atoms with Gasteiger partial charge in [0, 0.05) is 12.1 Å². The van der Waals surface area contributed by atoms with Crippen LogP contribution in [0.4, 0.5) is 0 Å². The minimum absolute atomic E-state index is 0.0475. The van der Waals surface area contributed by atoms with Crippen molar-refractivity contribution in [3.8, 4) is 0 Å². The van der Waals surface area contributed by atoms with Gasteiger partial charge in [-0.15, -0.1) is 0 Å². The van der Waals surface area contributed by atoms with E-state index in [4.69, 9.17) is 5.11 Å². The maximum Gasteiger partial charge on any atom is 0.310 e. The van der Waals surface area contributed by atoms with Crippen molar-refractivity contribution in [2.24, 2.45) is 5.92 Å². The van der Waals surface area contributed by atoms with Gasteiger partial charge < -0.3 is 10.2 Å². The lowest BCUT2D eigenvalue weighted by atomic mass is 9.88. The van der Waals surface area contributed by atoms with Gasteiger partial charge in [0.05, 0.1) is 12.0 Å². The van der Waals surface area contributed by atoms with Gasteiger partial charge in [-0.05, 0) is 26.3 Å². The predicted octanol–water partition coefficient (Wildman–Crippen LogP) is -0.0854. The Labute approximate surface area is 77.2 Å². The molecule has 0 aromatic carbocycles. The molecule has 2 bridgehead atoms. The Morgan fingerprint density at radius 2 is 2.15 bits per heavy atom. The summed E-state index contributed by atoms with van der Waals surface area (Å²) in [4.78, 5) is 13.0. The second-order valence-corrected chi connectivity index (χ2v) is 4.13. The van der Waals surface area contributed by atoms with Crippen LogP contribution < -0.4 is 0 Å². The van der Waals surface area contributed by atoms with E-state index in [1.807, 2.05) is 7.05 Å². The third kappa shape index (κ3) is 1.25. The summed E-state index contributed by atoms with van der Waals surface area (Å²) >= 11 is 0. The van der Waals surface area contributed by atoms with Crippen LogP contribution in [0.5, 0.6) is 0 Å². The molecular formula is C9H15NO3. The van der Waals surface area contributed by atoms with Crippen LogP contribution in [0.25, 0.3) is 0 Å². The van der Waals surface area contributed by atoms with Crippen LogP contribution in [0.15, 0.2) is 0 Å². The molecule has 4 nitrogen and oxygen atoms in total. The van der Waals surface area contributed by atoms with Crippen LogP contribution in [0, 0.1) is 5.92 Å². The highest BCUT2D eigenvalue weighted by atomic mass is 16.4. The number of rotatable bonds is 1. The molecule has 0 amide bonds. The van der Waals surface area contributed by atoms with Gasteiger partial charge in [0.1, 0.15) is 0 Å². The average Bonchev–Trinajstić information content (AvgIpc) is 2.34. The number of aliphatic hydroxyl groups is 1. The number of aliphatic hydroxyl groups excluding tert-OH is 1. The fourth-order valence-corrected chi connectivity index (χ4v) is 2.77. The van der Waals surface area contributed by atoms with Gasteiger partial charge in [-0.25, -0.2) is 0 Å². The number of hydrogen-bond acceptors (Lipinski definition) is 3. The van der Waals surface area contributed by atoms with Crippen LogP contribution in [-0.2, 0) is 4.79 Å². The van der Waals surface area contributed by atoms with Crippen LogP contribution in [0.3, 0.4) is 0 Å². The summed E-state index contributed by atoms with van der Waals surface area (Å²) in [5.74, 6) is -1.44. The molecule has 0 spiro atoms. The Balaban J connectivity index is 2.21. The van der Waals surface area contributed by atoms with Crippen molar-refractivity contribution in [3.63, 3.8) is 0 Å². The molecule has 2 aliphatic heterocycles. The standard InChI is InChI=1S/C9H15NO3/c1-10-5-2-3-6(10)8(9(12)13)7(11)4-5/h5-8,11H,2-4H2,1H3,(H,12,13)/t5?,6?,7-,8-/m0/s1. The first-order valence-corrected chi connectivity index (χ1v) is 4.74. The number of aliphatic carboxylic acids is 1. The van der Waals surface area contributed by atoms with Crippen molar-refractivity contribution in [1.82, 2.24) is 4.90 Å². The van der Waals surface area contributed by atoms with Crippen molar-refractivity contribution in [2.45, 2.75) is 37.5 Å². The van der Waals surface area contributed by atoms with Gasteiger partial charge in [0.15, 0.2) is 0 Å². The topological polar surface area (TPSA) is 60.8 Å². The second-order valence-electron chi connectivity index (χ2n) is 4.13. The van der Waals surface area contributed by atoms with Crippen LogP contribution in [0.2, 0.25) is 0 Å². The van der Waals surface area contributed by atoms with E-state index >= 15 is 0 Å². The lowest BCUT2D eigenvalue weighted by Crippen LogP contribution is -2.51. The molecule has 0 aliphatic carbocycles. The van der Waals surface area contributed by atoms with Gasteiger partial charge in [0.25, 0.3) is 0 Å². The van der Waals surface area contributed by atoms with E-state index < -0.39 is 18.0 Å². The number of piperidine rings is 1. The van der Waals surface area contributed by atoms with Crippen LogP contribution >= 0.6 is 0 Å². The van der Waals surface area contributed by atoms with Gasteiger partial charge in [-0.3, -0.25) is 9.69 Å². The smallest absolute Gasteiger partial charge is 0.310 e. The van der Waals surface area contributed by atoms with Crippen LogP contribution in [-0.4, -0.2) is 46.3 Å². The quantitative estimate of drug-likeness (QED) is 0.599. The van der Waals surface area contributed by atoms with E-state index in [0.29, 0.717) is 12.5 Å². The highest BCUT2D eigenvalue weighted by molar-refractivity contribution is 5.72. The molecule has 4 atom stereocenters. The highest BCUT2D eigenvalue weighted by Gasteiger charge is 2.48. The molecule has 0 radical (unpaired) electrons. The summed E-state index contributed by atoms with van der Waals surface area (Å²) < 4.78 is 0. The maximum absolute atomic E-state index is 10.9. The number of hydrogen-bond donors (Lipinski definition) is 2. The SMILES string of the molecule is CN1C2CCC1[C@H](C(=O)O)[C@@H](O)C2. The molecule has 2 fully saturated rings. The number of carbonyl (C=O) groups is 1. The summed E-state index contributed by atoms with van der Waals surface area (Å²) in [7, 11) is 1.96. The molecule has 4 heteroatoms. The first-order chi connectivity index (χ1) is 6.11. The lowest BCUT2D eigenvalue weighted by molar-refractivity contribution is -0.151. The predicted molar refractivity (Wildman–Crippen MR) is 46.3 cm³/mol. The van der Waals surface area contributed by atoms with Crippen molar-refractivity contribution >= 4 is 5.97 Å². The van der Waals surface area contributed by atoms with Gasteiger partial charge in [-0.1, -0.05) is 0 Å². The summed E-state index contributed by atoms with van der Waals surface area (Å²) in [6.45, 7) is 0. The van der Waals surface area contributed by atoms with Gasteiger partial charge in [0.2, 0.25) is 0 Å². The molecule has 2 rings (SSSR count). The third-order valence-corrected chi connectivity index (χ3v) is 3.52. The van der Waals surface area contributed by atoms with E-state index in [1.165, 1.54) is 0 Å². The first-order valence-electron chi connectivity index (χ1n) is 4.74. The molecule has 0 saturated carbocycles. The average molecular weight is 185 g/mol. The molecule has 0 aromatic rings. The Morgan fingerprint density at radius 1 is 1.46 bits per heavy atom. The normalized spacial score (nSPS) is 45.1. The Kier molecular flexibility index (Phi) is 2.04. The van der Waals surface area contributed by atoms with E-state index in [2.05, 4.69) is 4.90 Å². The maximum atomic E-state index is 10.9. The third-order valence-electron chi connectivity index (χ3n) is 3.52. The van der Waals surface area contributed by atoms with Crippen molar-refractivity contribution in [3.05, 3.63) is 0 Å². The van der Waals surface area contributed by atoms with Crippen molar-refractivity contribution in [1.29, 1.82) is 0 Å². The molecule has 74 valence electrons. The fraction of sp³-hybridized carbons (Fsp3) is 0.889. The second kappa shape index (κ2) is 2.96. The van der Waals surface area contributed by atoms with Gasteiger partial charge >= 0.3 is 5.97 Å². The van der Waals surface area contributed by atoms with E-state index in [-0.39, 0.29) is 6.04 Å². The summed E-state index contributed by atoms with van der Waals surface area (Å²) in [6.07, 6.45) is 1.91. The summed E-state index contributed by atoms with van der Waals surface area (Å²) in [5.41, 5.74) is 0. The van der Waals surface area contributed by atoms with Crippen molar-refractivity contribution in [2.75, 3.05) is 7.05 Å². The number of nitrogens with zero attached hydrogens (tertiary/aromatic N) is 1. The molecule has 2 unspecified atom stereocenters. The minimum Gasteiger partial charge on any atom is -0.481 e.